The molecule has 1 fully saturated rings. The van der Waals surface area contributed by atoms with E-state index in [0.29, 0.717) is 12.2 Å². The van der Waals surface area contributed by atoms with Crippen LogP contribution in [0.1, 0.15) is 58.6 Å². The lowest BCUT2D eigenvalue weighted by Crippen LogP contribution is -2.54. The summed E-state index contributed by atoms with van der Waals surface area (Å²) < 4.78 is 6.10. The van der Waals surface area contributed by atoms with Crippen LogP contribution in [0, 0.1) is 12.3 Å². The topological polar surface area (TPSA) is 26.3 Å². The minimum atomic E-state index is -0.296. The molecular weight excluding hydrogens is 248 g/mol. The van der Waals surface area contributed by atoms with E-state index in [4.69, 9.17) is 4.74 Å². The zero-order valence-corrected chi connectivity index (χ0v) is 13.5. The molecule has 0 bridgehead atoms. The van der Waals surface area contributed by atoms with Crippen LogP contribution >= 0.6 is 0 Å². The Balaban J connectivity index is 2.18. The lowest BCUT2D eigenvalue weighted by molar-refractivity contribution is -0.150. The van der Waals surface area contributed by atoms with Gasteiger partial charge in [-0.3, -0.25) is 4.79 Å². The van der Waals surface area contributed by atoms with Gasteiger partial charge in [0.1, 0.15) is 17.6 Å². The number of rotatable bonds is 3. The second-order valence-corrected chi connectivity index (χ2v) is 7.24. The summed E-state index contributed by atoms with van der Waals surface area (Å²) in [6.07, 6.45) is 1.42. The molecule has 0 spiro atoms. The molecular formula is C18H26O2. The molecule has 0 saturated heterocycles. The first-order valence-electron chi connectivity index (χ1n) is 7.49. The van der Waals surface area contributed by atoms with Crippen LogP contribution in [0.4, 0.5) is 0 Å². The van der Waals surface area contributed by atoms with Crippen LogP contribution in [0.15, 0.2) is 18.2 Å². The number of carbonyl (C=O) groups excluding carboxylic acids is 1. The van der Waals surface area contributed by atoms with Crippen LogP contribution in [0.2, 0.25) is 0 Å². The van der Waals surface area contributed by atoms with Crippen molar-refractivity contribution in [2.75, 3.05) is 0 Å². The summed E-state index contributed by atoms with van der Waals surface area (Å²) in [5, 5.41) is 0. The first-order chi connectivity index (χ1) is 9.18. The first kappa shape index (κ1) is 15.1. The number of aryl methyl sites for hydroxylation is 1. The number of ketones is 1. The SMILES string of the molecule is CCC1(C)C(=O)CC1Oc1ccc(C(C)(C)C)cc1C. The molecule has 1 aliphatic carbocycles. The number of Topliss-reactive ketones (excluding diaryl/α,β-unsaturated/α-hetero) is 1. The maximum Gasteiger partial charge on any atom is 0.146 e. The van der Waals surface area contributed by atoms with E-state index in [1.54, 1.807) is 0 Å². The zero-order valence-electron chi connectivity index (χ0n) is 13.5. The molecule has 20 heavy (non-hydrogen) atoms. The molecule has 0 aromatic heterocycles. The Morgan fingerprint density at radius 1 is 1.35 bits per heavy atom. The van der Waals surface area contributed by atoms with E-state index in [2.05, 4.69) is 52.8 Å². The molecule has 0 amide bonds. The van der Waals surface area contributed by atoms with Gasteiger partial charge in [0.25, 0.3) is 0 Å². The minimum absolute atomic E-state index is 0.0270. The molecule has 2 heteroatoms. The molecule has 1 aromatic carbocycles. The van der Waals surface area contributed by atoms with Crippen molar-refractivity contribution in [3.8, 4) is 5.75 Å². The molecule has 0 N–H and O–H groups in total. The molecule has 2 rings (SSSR count). The number of ether oxygens (including phenoxy) is 1. The Bertz CT molecular complexity index is 525. The monoisotopic (exact) mass is 274 g/mol. The molecule has 110 valence electrons. The summed E-state index contributed by atoms with van der Waals surface area (Å²) in [4.78, 5) is 11.8. The van der Waals surface area contributed by atoms with Crippen molar-refractivity contribution < 1.29 is 9.53 Å². The maximum absolute atomic E-state index is 11.8. The second kappa shape index (κ2) is 4.91. The third-order valence-electron chi connectivity index (χ3n) is 4.76. The number of carbonyl (C=O) groups is 1. The Kier molecular flexibility index (Phi) is 3.70. The molecule has 0 heterocycles. The van der Waals surface area contributed by atoms with Gasteiger partial charge < -0.3 is 4.74 Å². The van der Waals surface area contributed by atoms with Crippen molar-refractivity contribution >= 4 is 5.78 Å². The van der Waals surface area contributed by atoms with E-state index in [1.165, 1.54) is 5.56 Å². The van der Waals surface area contributed by atoms with E-state index >= 15 is 0 Å². The minimum Gasteiger partial charge on any atom is -0.489 e. The molecule has 2 nitrogen and oxygen atoms in total. The van der Waals surface area contributed by atoms with Crippen molar-refractivity contribution in [1.29, 1.82) is 0 Å². The van der Waals surface area contributed by atoms with Crippen LogP contribution < -0.4 is 4.74 Å². The molecule has 1 aromatic rings. The standard InChI is InChI=1S/C18H26O2/c1-7-18(6)15(19)11-16(18)20-14-9-8-13(10-12(14)2)17(3,4)5/h8-10,16H,7,11H2,1-6H3. The van der Waals surface area contributed by atoms with E-state index in [1.807, 2.05) is 6.92 Å². The summed E-state index contributed by atoms with van der Waals surface area (Å²) >= 11 is 0. The Hall–Kier alpha value is -1.31. The smallest absolute Gasteiger partial charge is 0.146 e. The first-order valence-corrected chi connectivity index (χ1v) is 7.49. The quantitative estimate of drug-likeness (QED) is 0.815. The van der Waals surface area contributed by atoms with Gasteiger partial charge in [-0.05, 0) is 42.9 Å². The van der Waals surface area contributed by atoms with E-state index < -0.39 is 0 Å². The van der Waals surface area contributed by atoms with Gasteiger partial charge >= 0.3 is 0 Å². The Morgan fingerprint density at radius 2 is 2.00 bits per heavy atom. The highest BCUT2D eigenvalue weighted by Gasteiger charge is 2.51. The third kappa shape index (κ3) is 2.48. The van der Waals surface area contributed by atoms with E-state index in [-0.39, 0.29) is 16.9 Å². The van der Waals surface area contributed by atoms with Gasteiger partial charge in [0.05, 0.1) is 5.41 Å². The third-order valence-corrected chi connectivity index (χ3v) is 4.76. The van der Waals surface area contributed by atoms with Gasteiger partial charge in [-0.15, -0.1) is 0 Å². The van der Waals surface area contributed by atoms with Crippen molar-refractivity contribution in [1.82, 2.24) is 0 Å². The molecule has 0 radical (unpaired) electrons. The lowest BCUT2D eigenvalue weighted by Gasteiger charge is -2.44. The largest absolute Gasteiger partial charge is 0.489 e. The zero-order chi connectivity index (χ0) is 15.1. The molecule has 2 unspecified atom stereocenters. The van der Waals surface area contributed by atoms with Gasteiger partial charge in [-0.1, -0.05) is 39.8 Å². The van der Waals surface area contributed by atoms with Gasteiger partial charge in [0, 0.05) is 6.42 Å². The fourth-order valence-corrected chi connectivity index (χ4v) is 2.67. The molecule has 1 aliphatic rings. The fourth-order valence-electron chi connectivity index (χ4n) is 2.67. The van der Waals surface area contributed by atoms with E-state index in [9.17, 15) is 4.79 Å². The van der Waals surface area contributed by atoms with E-state index in [0.717, 1.165) is 17.7 Å². The summed E-state index contributed by atoms with van der Waals surface area (Å²) in [6.45, 7) is 12.8. The molecule has 0 aliphatic heterocycles. The summed E-state index contributed by atoms with van der Waals surface area (Å²) in [7, 11) is 0. The summed E-state index contributed by atoms with van der Waals surface area (Å²) in [5.74, 6) is 1.24. The van der Waals surface area contributed by atoms with Gasteiger partial charge in [0.15, 0.2) is 0 Å². The van der Waals surface area contributed by atoms with Crippen molar-refractivity contribution in [2.45, 2.75) is 65.9 Å². The van der Waals surface area contributed by atoms with Crippen LogP contribution in [0.5, 0.6) is 5.75 Å². The maximum atomic E-state index is 11.8. The highest BCUT2D eigenvalue weighted by molar-refractivity contribution is 5.92. The van der Waals surface area contributed by atoms with Crippen LogP contribution in [0.3, 0.4) is 0 Å². The normalized spacial score (nSPS) is 26.3. The highest BCUT2D eigenvalue weighted by Crippen LogP contribution is 2.43. The molecule has 1 saturated carbocycles. The predicted molar refractivity (Wildman–Crippen MR) is 82.3 cm³/mol. The van der Waals surface area contributed by atoms with Crippen LogP contribution in [-0.4, -0.2) is 11.9 Å². The van der Waals surface area contributed by atoms with Crippen LogP contribution in [0.25, 0.3) is 0 Å². The number of hydrogen-bond donors (Lipinski definition) is 0. The predicted octanol–water partition coefficient (Wildman–Crippen LogP) is 4.43. The van der Waals surface area contributed by atoms with Crippen LogP contribution in [-0.2, 0) is 10.2 Å². The number of hydrogen-bond acceptors (Lipinski definition) is 2. The fraction of sp³-hybridized carbons (Fsp3) is 0.611. The summed E-state index contributed by atoms with van der Waals surface area (Å²) in [5.41, 5.74) is 2.31. The van der Waals surface area contributed by atoms with Crippen molar-refractivity contribution in [3.63, 3.8) is 0 Å². The average Bonchev–Trinajstić information content (AvgIpc) is 2.38. The van der Waals surface area contributed by atoms with Crippen molar-refractivity contribution in [3.05, 3.63) is 29.3 Å². The van der Waals surface area contributed by atoms with Gasteiger partial charge in [-0.2, -0.15) is 0 Å². The van der Waals surface area contributed by atoms with Gasteiger partial charge in [0.2, 0.25) is 0 Å². The lowest BCUT2D eigenvalue weighted by atomic mass is 9.64. The molecule has 2 atom stereocenters. The Morgan fingerprint density at radius 3 is 2.45 bits per heavy atom. The highest BCUT2D eigenvalue weighted by atomic mass is 16.5. The Labute approximate surface area is 122 Å². The second-order valence-electron chi connectivity index (χ2n) is 7.24. The van der Waals surface area contributed by atoms with Crippen molar-refractivity contribution in [2.24, 2.45) is 5.41 Å². The summed E-state index contributed by atoms with van der Waals surface area (Å²) in [6, 6.07) is 6.38. The average molecular weight is 274 g/mol. The number of benzene rings is 1. The van der Waals surface area contributed by atoms with Gasteiger partial charge in [-0.25, -0.2) is 0 Å².